The molecule has 2 rings (SSSR count). The van der Waals surface area contributed by atoms with E-state index in [1.165, 1.54) is 0 Å². The van der Waals surface area contributed by atoms with Gasteiger partial charge in [-0.1, -0.05) is 11.6 Å². The van der Waals surface area contributed by atoms with Crippen LogP contribution in [0, 0.1) is 12.8 Å². The molecule has 110 valence electrons. The molecule has 20 heavy (non-hydrogen) atoms. The fraction of sp³-hybridized carbons (Fsp3) is 0.533. The smallest absolute Gasteiger partial charge is 0.260 e. The molecule has 0 aromatic heterocycles. The van der Waals surface area contributed by atoms with Crippen LogP contribution in [-0.2, 0) is 4.79 Å². The van der Waals surface area contributed by atoms with Crippen LogP contribution in [-0.4, -0.2) is 41.7 Å². The predicted molar refractivity (Wildman–Crippen MR) is 78.1 cm³/mol. The number of rotatable bonds is 4. The van der Waals surface area contributed by atoms with Gasteiger partial charge in [-0.05, 0) is 44.0 Å². The Balaban J connectivity index is 1.85. The number of nitrogens with zero attached hydrogens (tertiary/aromatic N) is 1. The first-order valence-electron chi connectivity index (χ1n) is 6.82. The van der Waals surface area contributed by atoms with Crippen LogP contribution in [0.3, 0.4) is 0 Å². The molecule has 1 aromatic carbocycles. The number of halogens is 1. The molecule has 0 radical (unpaired) electrons. The van der Waals surface area contributed by atoms with Gasteiger partial charge in [-0.2, -0.15) is 0 Å². The first kappa shape index (κ1) is 15.1. The molecule has 1 saturated heterocycles. The van der Waals surface area contributed by atoms with E-state index in [1.807, 2.05) is 13.0 Å². The van der Waals surface area contributed by atoms with E-state index in [4.69, 9.17) is 16.3 Å². The van der Waals surface area contributed by atoms with Crippen LogP contribution in [0.15, 0.2) is 18.2 Å². The number of hydrogen-bond acceptors (Lipinski definition) is 3. The Morgan fingerprint density at radius 2 is 2.35 bits per heavy atom. The molecular weight excluding hydrogens is 278 g/mol. The van der Waals surface area contributed by atoms with Gasteiger partial charge >= 0.3 is 0 Å². The molecule has 0 saturated carbocycles. The molecule has 0 bridgehead atoms. The Morgan fingerprint density at radius 1 is 1.60 bits per heavy atom. The van der Waals surface area contributed by atoms with Gasteiger partial charge in [0.05, 0.1) is 6.10 Å². The van der Waals surface area contributed by atoms with E-state index in [-0.39, 0.29) is 24.5 Å². The quantitative estimate of drug-likeness (QED) is 0.927. The highest BCUT2D eigenvalue weighted by atomic mass is 35.5. The fourth-order valence-corrected chi connectivity index (χ4v) is 2.47. The number of aryl methyl sites for hydroxylation is 1. The van der Waals surface area contributed by atoms with Gasteiger partial charge in [-0.25, -0.2) is 0 Å². The summed E-state index contributed by atoms with van der Waals surface area (Å²) in [4.78, 5) is 13.8. The van der Waals surface area contributed by atoms with Crippen molar-refractivity contribution in [3.8, 4) is 5.75 Å². The molecule has 1 aliphatic heterocycles. The van der Waals surface area contributed by atoms with Gasteiger partial charge in [-0.15, -0.1) is 0 Å². The number of carbonyl (C=O) groups excluding carboxylic acids is 1. The maximum Gasteiger partial charge on any atom is 0.260 e. The number of likely N-dealkylation sites (tertiary alicyclic amines) is 1. The lowest BCUT2D eigenvalue weighted by atomic mass is 10.0. The molecular formula is C15H20ClNO3. The summed E-state index contributed by atoms with van der Waals surface area (Å²) in [5.74, 6) is 0.781. The average molecular weight is 298 g/mol. The van der Waals surface area contributed by atoms with Gasteiger partial charge in [0, 0.05) is 24.0 Å². The molecule has 2 atom stereocenters. The van der Waals surface area contributed by atoms with Crippen molar-refractivity contribution in [1.29, 1.82) is 0 Å². The zero-order valence-corrected chi connectivity index (χ0v) is 12.6. The second kappa shape index (κ2) is 6.46. The highest BCUT2D eigenvalue weighted by Gasteiger charge is 2.29. The minimum atomic E-state index is -0.368. The molecule has 1 heterocycles. The van der Waals surface area contributed by atoms with Gasteiger partial charge in [0.2, 0.25) is 0 Å². The van der Waals surface area contributed by atoms with E-state index in [2.05, 4.69) is 0 Å². The van der Waals surface area contributed by atoms with E-state index >= 15 is 0 Å². The van der Waals surface area contributed by atoms with Crippen LogP contribution >= 0.6 is 11.6 Å². The van der Waals surface area contributed by atoms with Crippen molar-refractivity contribution in [3.63, 3.8) is 0 Å². The molecule has 1 amide bonds. The van der Waals surface area contributed by atoms with Gasteiger partial charge in [0.1, 0.15) is 5.75 Å². The third-order valence-electron chi connectivity index (χ3n) is 3.75. The number of aliphatic hydroxyl groups excluding tert-OH is 1. The average Bonchev–Trinajstić information content (AvgIpc) is 2.89. The monoisotopic (exact) mass is 297 g/mol. The summed E-state index contributed by atoms with van der Waals surface area (Å²) in [6, 6.07) is 5.33. The Hall–Kier alpha value is -1.26. The van der Waals surface area contributed by atoms with Crippen LogP contribution in [0.25, 0.3) is 0 Å². The lowest BCUT2D eigenvalue weighted by Gasteiger charge is -2.18. The number of carbonyl (C=O) groups is 1. The van der Waals surface area contributed by atoms with Gasteiger partial charge < -0.3 is 14.7 Å². The number of ether oxygens (including phenoxy) is 1. The summed E-state index contributed by atoms with van der Waals surface area (Å²) < 4.78 is 5.50. The van der Waals surface area contributed by atoms with E-state index < -0.39 is 0 Å². The van der Waals surface area contributed by atoms with Crippen molar-refractivity contribution < 1.29 is 14.6 Å². The van der Waals surface area contributed by atoms with Crippen LogP contribution in [0.1, 0.15) is 18.9 Å². The topological polar surface area (TPSA) is 49.8 Å². The standard InChI is InChI=1S/C15H20ClNO3/c1-10-7-13(3-4-14(10)16)20-9-15(19)17-6-5-12(8-17)11(2)18/h3-4,7,11-12,18H,5-6,8-9H2,1-2H3. The zero-order chi connectivity index (χ0) is 14.7. The Bertz CT molecular complexity index is 490. The second-order valence-corrected chi connectivity index (χ2v) is 5.74. The number of amides is 1. The second-order valence-electron chi connectivity index (χ2n) is 5.33. The molecule has 1 aromatic rings. The van der Waals surface area contributed by atoms with Crippen molar-refractivity contribution in [1.82, 2.24) is 4.90 Å². The fourth-order valence-electron chi connectivity index (χ4n) is 2.35. The maximum atomic E-state index is 12.0. The summed E-state index contributed by atoms with van der Waals surface area (Å²) in [6.07, 6.45) is 0.483. The summed E-state index contributed by atoms with van der Waals surface area (Å²) in [6.45, 7) is 4.99. The SMILES string of the molecule is Cc1cc(OCC(=O)N2CCC(C(C)O)C2)ccc1Cl. The molecule has 1 N–H and O–H groups in total. The van der Waals surface area contributed by atoms with Gasteiger partial charge in [-0.3, -0.25) is 4.79 Å². The molecule has 0 aliphatic carbocycles. The molecule has 0 spiro atoms. The van der Waals surface area contributed by atoms with E-state index in [1.54, 1.807) is 24.0 Å². The maximum absolute atomic E-state index is 12.0. The number of aliphatic hydroxyl groups is 1. The largest absolute Gasteiger partial charge is 0.484 e. The first-order chi connectivity index (χ1) is 9.47. The van der Waals surface area contributed by atoms with Crippen molar-refractivity contribution >= 4 is 17.5 Å². The Morgan fingerprint density at radius 3 is 2.95 bits per heavy atom. The van der Waals surface area contributed by atoms with Crippen molar-refractivity contribution in [3.05, 3.63) is 28.8 Å². The zero-order valence-electron chi connectivity index (χ0n) is 11.8. The minimum Gasteiger partial charge on any atom is -0.484 e. The summed E-state index contributed by atoms with van der Waals surface area (Å²) in [5.41, 5.74) is 0.923. The lowest BCUT2D eigenvalue weighted by molar-refractivity contribution is -0.132. The number of hydrogen-bond donors (Lipinski definition) is 1. The van der Waals surface area contributed by atoms with E-state index in [9.17, 15) is 9.90 Å². The Labute approximate surface area is 124 Å². The lowest BCUT2D eigenvalue weighted by Crippen LogP contribution is -2.34. The molecule has 1 aliphatic rings. The first-order valence-corrected chi connectivity index (χ1v) is 7.20. The summed E-state index contributed by atoms with van der Waals surface area (Å²) in [7, 11) is 0. The van der Waals surface area contributed by atoms with Crippen molar-refractivity contribution in [2.24, 2.45) is 5.92 Å². The third kappa shape index (κ3) is 3.64. The predicted octanol–water partition coefficient (Wildman–Crippen LogP) is 2.26. The number of benzene rings is 1. The highest BCUT2D eigenvalue weighted by molar-refractivity contribution is 6.31. The van der Waals surface area contributed by atoms with Crippen LogP contribution < -0.4 is 4.74 Å². The Kier molecular flexibility index (Phi) is 4.89. The molecule has 1 fully saturated rings. The van der Waals surface area contributed by atoms with Crippen LogP contribution in [0.2, 0.25) is 5.02 Å². The van der Waals surface area contributed by atoms with Crippen LogP contribution in [0.4, 0.5) is 0 Å². The third-order valence-corrected chi connectivity index (χ3v) is 4.18. The molecule has 5 heteroatoms. The minimum absolute atomic E-state index is 0.0214. The van der Waals surface area contributed by atoms with E-state index in [0.29, 0.717) is 23.9 Å². The highest BCUT2D eigenvalue weighted by Crippen LogP contribution is 2.22. The van der Waals surface area contributed by atoms with Crippen molar-refractivity contribution in [2.75, 3.05) is 19.7 Å². The molecule has 2 unspecified atom stereocenters. The van der Waals surface area contributed by atoms with Gasteiger partial charge in [0.15, 0.2) is 6.61 Å². The van der Waals surface area contributed by atoms with Gasteiger partial charge in [0.25, 0.3) is 5.91 Å². The summed E-state index contributed by atoms with van der Waals surface area (Å²) >= 11 is 5.94. The van der Waals surface area contributed by atoms with Crippen molar-refractivity contribution in [2.45, 2.75) is 26.4 Å². The summed E-state index contributed by atoms with van der Waals surface area (Å²) in [5, 5.41) is 10.2. The van der Waals surface area contributed by atoms with Crippen LogP contribution in [0.5, 0.6) is 5.75 Å². The molecule has 4 nitrogen and oxygen atoms in total. The normalized spacial score (nSPS) is 20.0. The van der Waals surface area contributed by atoms with E-state index in [0.717, 1.165) is 12.0 Å².